The van der Waals surface area contributed by atoms with E-state index in [9.17, 15) is 18.0 Å². The van der Waals surface area contributed by atoms with Gasteiger partial charge >= 0.3 is 0 Å². The van der Waals surface area contributed by atoms with E-state index in [0.717, 1.165) is 39.0 Å². The van der Waals surface area contributed by atoms with Crippen LogP contribution in [0.15, 0.2) is 47.6 Å². The van der Waals surface area contributed by atoms with Crippen LogP contribution in [0.25, 0.3) is 17.2 Å². The molecule has 0 saturated carbocycles. The summed E-state index contributed by atoms with van der Waals surface area (Å²) in [7, 11) is -3.24. The van der Waals surface area contributed by atoms with Crippen LogP contribution in [-0.2, 0) is 21.2 Å². The fourth-order valence-corrected chi connectivity index (χ4v) is 5.63. The van der Waals surface area contributed by atoms with Crippen molar-refractivity contribution in [2.75, 3.05) is 24.7 Å². The minimum Gasteiger partial charge on any atom is -0.366 e. The van der Waals surface area contributed by atoms with Crippen molar-refractivity contribution >= 4 is 45.2 Å². The highest BCUT2D eigenvalue weighted by molar-refractivity contribution is 7.88. The van der Waals surface area contributed by atoms with E-state index < -0.39 is 21.3 Å². The number of benzene rings is 2. The Morgan fingerprint density at radius 2 is 1.92 bits per heavy atom. The molecule has 0 radical (unpaired) electrons. The lowest BCUT2D eigenvalue weighted by molar-refractivity contribution is -0.115. The van der Waals surface area contributed by atoms with Crippen LogP contribution in [0.2, 0.25) is 0 Å². The van der Waals surface area contributed by atoms with E-state index in [4.69, 9.17) is 17.3 Å². The molecule has 1 aliphatic heterocycles. The van der Waals surface area contributed by atoms with E-state index in [1.807, 2.05) is 44.2 Å². The Hall–Kier alpha value is -2.94. The molecule has 3 N–H and O–H groups in total. The molecule has 0 aromatic heterocycles. The Bertz CT molecular complexity index is 1410. The standard InChI is InChI=1S/C27H30ClN3O4S/c1-4-24(28)27(33)30-25-7-5-6-19(16(25)2)20-8-9-21(26(29)32)23-15-18(14-22(20)23)17-10-12-31(13-11-17)36(3,34)35/h5-10,14,24H,4,11-13,15H2,1-3H3,(H2,29,32)(H,30,33). The maximum atomic E-state index is 12.4. The molecule has 0 fully saturated rings. The molecule has 9 heteroatoms. The van der Waals surface area contributed by atoms with E-state index >= 15 is 0 Å². The largest absolute Gasteiger partial charge is 0.366 e. The first kappa shape index (κ1) is 26.1. The molecular formula is C27H30ClN3O4S. The molecule has 2 aromatic carbocycles. The van der Waals surface area contributed by atoms with Gasteiger partial charge in [-0.1, -0.05) is 37.3 Å². The predicted molar refractivity (Wildman–Crippen MR) is 144 cm³/mol. The van der Waals surface area contributed by atoms with Crippen molar-refractivity contribution in [3.05, 3.63) is 69.8 Å². The molecule has 1 heterocycles. The molecule has 0 bridgehead atoms. The van der Waals surface area contributed by atoms with Crippen LogP contribution in [0.4, 0.5) is 5.69 Å². The van der Waals surface area contributed by atoms with Crippen LogP contribution in [0, 0.1) is 6.92 Å². The Labute approximate surface area is 217 Å². The second kappa shape index (κ2) is 10.2. The summed E-state index contributed by atoms with van der Waals surface area (Å²) < 4.78 is 25.2. The first-order chi connectivity index (χ1) is 17.0. The lowest BCUT2D eigenvalue weighted by Crippen LogP contribution is -2.34. The average molecular weight is 528 g/mol. The number of nitrogens with one attached hydrogen (secondary N) is 1. The van der Waals surface area contributed by atoms with Gasteiger partial charge in [0.1, 0.15) is 5.38 Å². The lowest BCUT2D eigenvalue weighted by Gasteiger charge is -2.24. The molecular weight excluding hydrogens is 498 g/mol. The molecule has 2 amide bonds. The number of hydrogen-bond acceptors (Lipinski definition) is 4. The van der Waals surface area contributed by atoms with Crippen molar-refractivity contribution in [3.8, 4) is 11.1 Å². The summed E-state index contributed by atoms with van der Waals surface area (Å²) in [6.07, 6.45) is 6.92. The number of fused-ring (bicyclic) bond motifs is 1. The van der Waals surface area contributed by atoms with Crippen molar-refractivity contribution in [3.63, 3.8) is 0 Å². The molecule has 7 nitrogen and oxygen atoms in total. The van der Waals surface area contributed by atoms with Gasteiger partial charge < -0.3 is 11.1 Å². The van der Waals surface area contributed by atoms with Gasteiger partial charge in [-0.05, 0) is 77.3 Å². The van der Waals surface area contributed by atoms with Crippen LogP contribution in [-0.4, -0.2) is 49.3 Å². The summed E-state index contributed by atoms with van der Waals surface area (Å²) in [5.41, 5.74) is 13.5. The Morgan fingerprint density at radius 3 is 2.53 bits per heavy atom. The van der Waals surface area contributed by atoms with Crippen molar-refractivity contribution < 1.29 is 18.0 Å². The molecule has 1 unspecified atom stereocenters. The number of amides is 2. The number of primary amides is 1. The maximum absolute atomic E-state index is 12.4. The Balaban J connectivity index is 1.75. The number of carbonyl (C=O) groups excluding carboxylic acids is 2. The van der Waals surface area contributed by atoms with E-state index in [2.05, 4.69) is 11.4 Å². The number of carbonyl (C=O) groups is 2. The normalized spacial score (nSPS) is 16.7. The molecule has 4 rings (SSSR count). The van der Waals surface area contributed by atoms with Gasteiger partial charge in [-0.15, -0.1) is 11.6 Å². The number of allylic oxidation sites excluding steroid dienone is 1. The Morgan fingerprint density at radius 1 is 1.17 bits per heavy atom. The quantitative estimate of drug-likeness (QED) is 0.524. The topological polar surface area (TPSA) is 110 Å². The third kappa shape index (κ3) is 5.12. The van der Waals surface area contributed by atoms with Crippen LogP contribution in [0.5, 0.6) is 0 Å². The van der Waals surface area contributed by atoms with Gasteiger partial charge in [0.2, 0.25) is 21.8 Å². The van der Waals surface area contributed by atoms with Crippen LogP contribution in [0.3, 0.4) is 0 Å². The van der Waals surface area contributed by atoms with Gasteiger partial charge in [-0.2, -0.15) is 4.31 Å². The lowest BCUT2D eigenvalue weighted by atomic mass is 9.90. The van der Waals surface area contributed by atoms with Crippen LogP contribution >= 0.6 is 11.6 Å². The highest BCUT2D eigenvalue weighted by Gasteiger charge is 2.27. The van der Waals surface area contributed by atoms with Crippen molar-refractivity contribution in [2.24, 2.45) is 5.73 Å². The monoisotopic (exact) mass is 527 g/mol. The second-order valence-electron chi connectivity index (χ2n) is 9.21. The minimum atomic E-state index is -3.24. The number of anilines is 1. The Kier molecular flexibility index (Phi) is 7.41. The first-order valence-corrected chi connectivity index (χ1v) is 14.2. The van der Waals surface area contributed by atoms with Crippen molar-refractivity contribution in [2.45, 2.75) is 38.5 Å². The second-order valence-corrected chi connectivity index (χ2v) is 11.7. The molecule has 0 saturated heterocycles. The molecule has 190 valence electrons. The zero-order valence-corrected chi connectivity index (χ0v) is 22.2. The number of nitrogens with two attached hydrogens (primary N) is 1. The number of nitrogens with zero attached hydrogens (tertiary/aromatic N) is 1. The number of rotatable bonds is 7. The first-order valence-electron chi connectivity index (χ1n) is 11.9. The molecule has 2 aromatic rings. The molecule has 1 aliphatic carbocycles. The van der Waals surface area contributed by atoms with Gasteiger partial charge in [-0.3, -0.25) is 9.59 Å². The van der Waals surface area contributed by atoms with E-state index in [1.54, 1.807) is 6.07 Å². The van der Waals surface area contributed by atoms with Crippen molar-refractivity contribution in [1.29, 1.82) is 0 Å². The SMILES string of the molecule is CCC(Cl)C(=O)Nc1cccc(-c2ccc(C(N)=O)c3c2C=C(C2=CCN(S(C)(=O)=O)CC2)C3)c1C. The molecule has 2 aliphatic rings. The maximum Gasteiger partial charge on any atom is 0.249 e. The summed E-state index contributed by atoms with van der Waals surface area (Å²) in [5.74, 6) is -0.734. The van der Waals surface area contributed by atoms with Crippen LogP contribution in [0.1, 0.15) is 46.8 Å². The number of sulfonamides is 1. The zero-order chi connectivity index (χ0) is 26.2. The fourth-order valence-electron chi connectivity index (χ4n) is 4.81. The summed E-state index contributed by atoms with van der Waals surface area (Å²) in [4.78, 5) is 24.6. The van der Waals surface area contributed by atoms with E-state index in [-0.39, 0.29) is 5.91 Å². The van der Waals surface area contributed by atoms with Gasteiger partial charge in [0.15, 0.2) is 0 Å². The average Bonchev–Trinajstić information content (AvgIpc) is 3.29. The summed E-state index contributed by atoms with van der Waals surface area (Å²) in [6, 6.07) is 9.35. The van der Waals surface area contributed by atoms with Crippen molar-refractivity contribution in [1.82, 2.24) is 4.31 Å². The predicted octanol–water partition coefficient (Wildman–Crippen LogP) is 4.25. The van der Waals surface area contributed by atoms with Crippen LogP contribution < -0.4 is 11.1 Å². The minimum absolute atomic E-state index is 0.247. The highest BCUT2D eigenvalue weighted by atomic mass is 35.5. The number of alkyl halides is 1. The summed E-state index contributed by atoms with van der Waals surface area (Å²) >= 11 is 6.12. The summed E-state index contributed by atoms with van der Waals surface area (Å²) in [5, 5.41) is 2.31. The highest BCUT2D eigenvalue weighted by Crippen LogP contribution is 2.41. The smallest absolute Gasteiger partial charge is 0.249 e. The molecule has 1 atom stereocenters. The van der Waals surface area contributed by atoms with E-state index in [1.165, 1.54) is 10.6 Å². The fraction of sp³-hybridized carbons (Fsp3) is 0.333. The third-order valence-corrected chi connectivity index (χ3v) is 8.66. The van der Waals surface area contributed by atoms with Gasteiger partial charge in [0.05, 0.1) is 6.26 Å². The van der Waals surface area contributed by atoms with Gasteiger partial charge in [-0.25, -0.2) is 8.42 Å². The van der Waals surface area contributed by atoms with Gasteiger partial charge in [0, 0.05) is 24.3 Å². The third-order valence-electron chi connectivity index (χ3n) is 6.89. The number of hydrogen-bond donors (Lipinski definition) is 2. The van der Waals surface area contributed by atoms with E-state index in [0.29, 0.717) is 43.6 Å². The number of halogens is 1. The van der Waals surface area contributed by atoms with Gasteiger partial charge in [0.25, 0.3) is 0 Å². The molecule has 36 heavy (non-hydrogen) atoms. The molecule has 0 spiro atoms. The zero-order valence-electron chi connectivity index (χ0n) is 20.6. The summed E-state index contributed by atoms with van der Waals surface area (Å²) in [6.45, 7) is 4.55.